The van der Waals surface area contributed by atoms with E-state index in [2.05, 4.69) is 21.3 Å². The van der Waals surface area contributed by atoms with Gasteiger partial charge in [0, 0.05) is 38.2 Å². The molecule has 1 aromatic heterocycles. The maximum Gasteiger partial charge on any atom is 0.227 e. The van der Waals surface area contributed by atoms with Crippen LogP contribution in [0.4, 0.5) is 11.4 Å². The predicted molar refractivity (Wildman–Crippen MR) is 104 cm³/mol. The normalized spacial score (nSPS) is 18.0. The van der Waals surface area contributed by atoms with Crippen LogP contribution in [0.25, 0.3) is 0 Å². The number of carbonyl (C=O) groups excluding carboxylic acids is 2. The number of rotatable bonds is 5. The molecule has 2 aromatic rings. The van der Waals surface area contributed by atoms with Gasteiger partial charge in [-0.25, -0.2) is 0 Å². The summed E-state index contributed by atoms with van der Waals surface area (Å²) >= 11 is 0. The van der Waals surface area contributed by atoms with Gasteiger partial charge in [-0.1, -0.05) is 18.2 Å². The van der Waals surface area contributed by atoms with Crippen LogP contribution in [0, 0.1) is 0 Å². The van der Waals surface area contributed by atoms with E-state index >= 15 is 0 Å². The number of nitrogens with zero attached hydrogens (tertiary/aromatic N) is 3. The van der Waals surface area contributed by atoms with E-state index in [9.17, 15) is 9.59 Å². The quantitative estimate of drug-likeness (QED) is 0.885. The minimum Gasteiger partial charge on any atom is -0.365 e. The molecule has 0 aliphatic carbocycles. The summed E-state index contributed by atoms with van der Waals surface area (Å²) in [5.74, 6) is -0.108. The molecular weight excluding hydrogens is 340 g/mol. The fourth-order valence-electron chi connectivity index (χ4n) is 3.96. The first-order valence-corrected chi connectivity index (χ1v) is 9.55. The molecular formula is C21H24N4O2. The Bertz CT molecular complexity index is 824. The first-order valence-electron chi connectivity index (χ1n) is 9.55. The number of hydrogen-bond acceptors (Lipinski definition) is 4. The Morgan fingerprint density at radius 3 is 2.70 bits per heavy atom. The van der Waals surface area contributed by atoms with Crippen molar-refractivity contribution >= 4 is 23.2 Å². The van der Waals surface area contributed by atoms with Crippen LogP contribution in [0.2, 0.25) is 0 Å². The summed E-state index contributed by atoms with van der Waals surface area (Å²) in [6.45, 7) is 2.16. The minimum atomic E-state index is -0.123. The molecule has 1 aromatic carbocycles. The molecule has 0 unspecified atom stereocenters. The molecule has 0 bridgehead atoms. The van der Waals surface area contributed by atoms with Gasteiger partial charge < -0.3 is 15.1 Å². The van der Waals surface area contributed by atoms with Gasteiger partial charge in [-0.2, -0.15) is 0 Å². The Hall–Kier alpha value is -2.89. The van der Waals surface area contributed by atoms with Crippen molar-refractivity contribution in [3.05, 3.63) is 54.4 Å². The molecule has 2 aliphatic heterocycles. The molecule has 0 radical (unpaired) electrons. The summed E-state index contributed by atoms with van der Waals surface area (Å²) in [5.41, 5.74) is 2.91. The van der Waals surface area contributed by atoms with Crippen LogP contribution >= 0.6 is 0 Å². The number of amides is 2. The molecule has 2 amide bonds. The Morgan fingerprint density at radius 1 is 1.07 bits per heavy atom. The number of para-hydroxylation sites is 2. The summed E-state index contributed by atoms with van der Waals surface area (Å²) in [4.78, 5) is 33.4. The standard InChI is InChI=1S/C21H24N4O2/c26-20(23-14-16-6-3-4-12-22-16)10-11-21(27)25-15-17-7-5-13-24(17)18-8-1-2-9-19(18)25/h1-4,6,8-9,12,17H,5,7,10-11,13-15H2,(H,23,26)/t17-/m0/s1. The highest BCUT2D eigenvalue weighted by atomic mass is 16.2. The number of aromatic nitrogens is 1. The molecule has 2 aliphatic rings. The second-order valence-corrected chi connectivity index (χ2v) is 7.08. The molecule has 27 heavy (non-hydrogen) atoms. The molecule has 6 heteroatoms. The van der Waals surface area contributed by atoms with Crippen LogP contribution in [0.15, 0.2) is 48.7 Å². The van der Waals surface area contributed by atoms with Gasteiger partial charge in [-0.05, 0) is 37.1 Å². The molecule has 6 nitrogen and oxygen atoms in total. The molecule has 0 spiro atoms. The first-order chi connectivity index (χ1) is 13.2. The SMILES string of the molecule is O=C(CCC(=O)N1C[C@@H]2CCCN2c2ccccc21)NCc1ccccn1. The highest BCUT2D eigenvalue weighted by Gasteiger charge is 2.35. The minimum absolute atomic E-state index is 0.0157. The van der Waals surface area contributed by atoms with Gasteiger partial charge in [0.25, 0.3) is 0 Å². The zero-order chi connectivity index (χ0) is 18.6. The number of anilines is 2. The van der Waals surface area contributed by atoms with Crippen LogP contribution in [-0.4, -0.2) is 35.9 Å². The topological polar surface area (TPSA) is 65.5 Å². The van der Waals surface area contributed by atoms with Crippen LogP contribution in [0.1, 0.15) is 31.4 Å². The maximum atomic E-state index is 12.8. The molecule has 1 N–H and O–H groups in total. The fraction of sp³-hybridized carbons (Fsp3) is 0.381. The highest BCUT2D eigenvalue weighted by molar-refractivity contribution is 5.99. The number of pyridine rings is 1. The van der Waals surface area contributed by atoms with E-state index in [1.165, 1.54) is 0 Å². The number of benzene rings is 1. The zero-order valence-electron chi connectivity index (χ0n) is 15.3. The first kappa shape index (κ1) is 17.5. The monoisotopic (exact) mass is 364 g/mol. The average Bonchev–Trinajstić information content (AvgIpc) is 3.19. The maximum absolute atomic E-state index is 12.8. The van der Waals surface area contributed by atoms with E-state index in [1.807, 2.05) is 41.3 Å². The van der Waals surface area contributed by atoms with E-state index < -0.39 is 0 Å². The van der Waals surface area contributed by atoms with Gasteiger partial charge in [0.05, 0.1) is 23.6 Å². The van der Waals surface area contributed by atoms with E-state index in [-0.39, 0.29) is 24.7 Å². The van der Waals surface area contributed by atoms with E-state index in [4.69, 9.17) is 0 Å². The lowest BCUT2D eigenvalue weighted by molar-refractivity contribution is -0.125. The molecule has 1 saturated heterocycles. The van der Waals surface area contributed by atoms with Crippen molar-refractivity contribution in [1.29, 1.82) is 0 Å². The number of carbonyl (C=O) groups is 2. The van der Waals surface area contributed by atoms with Gasteiger partial charge in [-0.3, -0.25) is 14.6 Å². The lowest BCUT2D eigenvalue weighted by atomic mass is 10.1. The molecule has 1 atom stereocenters. The summed E-state index contributed by atoms with van der Waals surface area (Å²) in [5, 5.41) is 2.83. The van der Waals surface area contributed by atoms with Crippen LogP contribution < -0.4 is 15.1 Å². The van der Waals surface area contributed by atoms with Crippen LogP contribution in [0.5, 0.6) is 0 Å². The Morgan fingerprint density at radius 2 is 1.89 bits per heavy atom. The van der Waals surface area contributed by atoms with Gasteiger partial charge in [-0.15, -0.1) is 0 Å². The van der Waals surface area contributed by atoms with Crippen molar-refractivity contribution in [3.8, 4) is 0 Å². The third-order valence-corrected chi connectivity index (χ3v) is 5.31. The van der Waals surface area contributed by atoms with Gasteiger partial charge >= 0.3 is 0 Å². The molecule has 0 saturated carbocycles. The van der Waals surface area contributed by atoms with Crippen molar-refractivity contribution in [2.75, 3.05) is 22.9 Å². The molecule has 4 rings (SSSR count). The molecule has 3 heterocycles. The Kier molecular flexibility index (Phi) is 5.05. The average molecular weight is 364 g/mol. The number of fused-ring (bicyclic) bond motifs is 3. The van der Waals surface area contributed by atoms with E-state index in [1.54, 1.807) is 6.20 Å². The molecule has 140 valence electrons. The third kappa shape index (κ3) is 3.79. The fourth-order valence-corrected chi connectivity index (χ4v) is 3.96. The van der Waals surface area contributed by atoms with Crippen LogP contribution in [0.3, 0.4) is 0 Å². The van der Waals surface area contributed by atoms with Crippen molar-refractivity contribution in [1.82, 2.24) is 10.3 Å². The predicted octanol–water partition coefficient (Wildman–Crippen LogP) is 2.49. The highest BCUT2D eigenvalue weighted by Crippen LogP contribution is 2.39. The van der Waals surface area contributed by atoms with E-state index in [0.717, 1.165) is 36.5 Å². The summed E-state index contributed by atoms with van der Waals surface area (Å²) in [6, 6.07) is 14.1. The number of nitrogens with one attached hydrogen (secondary N) is 1. The second-order valence-electron chi connectivity index (χ2n) is 7.08. The summed E-state index contributed by atoms with van der Waals surface area (Å²) < 4.78 is 0. The Labute approximate surface area is 159 Å². The summed E-state index contributed by atoms with van der Waals surface area (Å²) in [6.07, 6.45) is 4.39. The smallest absolute Gasteiger partial charge is 0.227 e. The van der Waals surface area contributed by atoms with Gasteiger partial charge in [0.1, 0.15) is 0 Å². The van der Waals surface area contributed by atoms with E-state index in [0.29, 0.717) is 19.1 Å². The van der Waals surface area contributed by atoms with Gasteiger partial charge in [0.15, 0.2) is 0 Å². The van der Waals surface area contributed by atoms with Crippen LogP contribution in [-0.2, 0) is 16.1 Å². The second kappa shape index (κ2) is 7.78. The zero-order valence-corrected chi connectivity index (χ0v) is 15.3. The van der Waals surface area contributed by atoms with Gasteiger partial charge in [0.2, 0.25) is 11.8 Å². The van der Waals surface area contributed by atoms with Crippen molar-refractivity contribution < 1.29 is 9.59 Å². The molecule has 1 fully saturated rings. The largest absolute Gasteiger partial charge is 0.365 e. The van der Waals surface area contributed by atoms with Crippen molar-refractivity contribution in [2.45, 2.75) is 38.3 Å². The lowest BCUT2D eigenvalue weighted by Gasteiger charge is -2.40. The van der Waals surface area contributed by atoms with Crippen molar-refractivity contribution in [2.24, 2.45) is 0 Å². The number of hydrogen-bond donors (Lipinski definition) is 1. The Balaban J connectivity index is 1.35. The third-order valence-electron chi connectivity index (χ3n) is 5.31. The van der Waals surface area contributed by atoms with Crippen molar-refractivity contribution in [3.63, 3.8) is 0 Å². The summed E-state index contributed by atoms with van der Waals surface area (Å²) in [7, 11) is 0. The lowest BCUT2D eigenvalue weighted by Crippen LogP contribution is -2.48.